The third-order valence-electron chi connectivity index (χ3n) is 1.52. The van der Waals surface area contributed by atoms with E-state index in [2.05, 4.69) is 4.74 Å². The Bertz CT molecular complexity index is 394. The normalized spacial score (nSPS) is 10.9. The van der Waals surface area contributed by atoms with Crippen LogP contribution in [0.2, 0.25) is 0 Å². The highest BCUT2D eigenvalue weighted by atomic mass is 19.4. The molecule has 0 amide bonds. The molecule has 0 aliphatic carbocycles. The van der Waals surface area contributed by atoms with Crippen molar-refractivity contribution in [3.63, 3.8) is 0 Å². The zero-order valence-corrected chi connectivity index (χ0v) is 7.31. The lowest BCUT2D eigenvalue weighted by Crippen LogP contribution is -2.17. The van der Waals surface area contributed by atoms with Crippen LogP contribution >= 0.6 is 0 Å². The molecule has 0 aliphatic heterocycles. The molecule has 1 aromatic rings. The largest absolute Gasteiger partial charge is 0.573 e. The molecule has 0 spiro atoms. The van der Waals surface area contributed by atoms with Crippen molar-refractivity contribution in [1.29, 1.82) is 5.26 Å². The van der Waals surface area contributed by atoms with Gasteiger partial charge in [-0.15, -0.1) is 13.2 Å². The lowest BCUT2D eigenvalue weighted by atomic mass is 10.1. The van der Waals surface area contributed by atoms with Gasteiger partial charge in [0.2, 0.25) is 0 Å². The summed E-state index contributed by atoms with van der Waals surface area (Å²) in [4.78, 5) is 0. The van der Waals surface area contributed by atoms with Gasteiger partial charge in [0, 0.05) is 5.56 Å². The maximum Gasteiger partial charge on any atom is 0.573 e. The Morgan fingerprint density at radius 2 is 2.00 bits per heavy atom. The van der Waals surface area contributed by atoms with Crippen LogP contribution in [0.15, 0.2) is 18.2 Å². The number of ether oxygens (including phenoxy) is 1. The molecular formula is C9H5F4NO. The Labute approximate surface area is 82.7 Å². The lowest BCUT2D eigenvalue weighted by Gasteiger charge is -2.09. The van der Waals surface area contributed by atoms with Gasteiger partial charge in [-0.05, 0) is 18.2 Å². The van der Waals surface area contributed by atoms with Gasteiger partial charge >= 0.3 is 6.36 Å². The summed E-state index contributed by atoms with van der Waals surface area (Å²) >= 11 is 0. The fraction of sp³-hybridized carbons (Fsp3) is 0.222. The first-order chi connectivity index (χ1) is 6.92. The second-order valence-corrected chi connectivity index (χ2v) is 2.64. The molecule has 0 heterocycles. The van der Waals surface area contributed by atoms with E-state index in [9.17, 15) is 17.6 Å². The van der Waals surface area contributed by atoms with Crippen molar-refractivity contribution in [1.82, 2.24) is 0 Å². The van der Waals surface area contributed by atoms with Crippen LogP contribution in [0.3, 0.4) is 0 Å². The SMILES string of the molecule is N#CCc1cc(OC(F)(F)F)ccc1F. The van der Waals surface area contributed by atoms with Crippen LogP contribution in [0.25, 0.3) is 0 Å². The van der Waals surface area contributed by atoms with Gasteiger partial charge in [-0.3, -0.25) is 0 Å². The Kier molecular flexibility index (Phi) is 3.14. The van der Waals surface area contributed by atoms with E-state index in [0.29, 0.717) is 0 Å². The molecule has 80 valence electrons. The summed E-state index contributed by atoms with van der Waals surface area (Å²) in [5, 5.41) is 8.29. The smallest absolute Gasteiger partial charge is 0.406 e. The van der Waals surface area contributed by atoms with Gasteiger partial charge in [0.15, 0.2) is 0 Å². The quantitative estimate of drug-likeness (QED) is 0.716. The molecule has 0 saturated carbocycles. The number of hydrogen-bond donors (Lipinski definition) is 0. The van der Waals surface area contributed by atoms with E-state index in [1.807, 2.05) is 0 Å². The number of alkyl halides is 3. The highest BCUT2D eigenvalue weighted by Gasteiger charge is 2.31. The average molecular weight is 219 g/mol. The summed E-state index contributed by atoms with van der Waals surface area (Å²) < 4.78 is 51.8. The van der Waals surface area contributed by atoms with E-state index in [0.717, 1.165) is 18.2 Å². The molecule has 15 heavy (non-hydrogen) atoms. The van der Waals surface area contributed by atoms with Crippen LogP contribution in [0, 0.1) is 17.1 Å². The Morgan fingerprint density at radius 1 is 1.33 bits per heavy atom. The second kappa shape index (κ2) is 4.17. The van der Waals surface area contributed by atoms with Crippen molar-refractivity contribution < 1.29 is 22.3 Å². The number of nitrogens with zero attached hydrogens (tertiary/aromatic N) is 1. The van der Waals surface area contributed by atoms with Gasteiger partial charge in [-0.1, -0.05) is 0 Å². The van der Waals surface area contributed by atoms with E-state index < -0.39 is 17.9 Å². The molecule has 6 heteroatoms. The van der Waals surface area contributed by atoms with Crippen molar-refractivity contribution >= 4 is 0 Å². The second-order valence-electron chi connectivity index (χ2n) is 2.64. The molecule has 0 bridgehead atoms. The first-order valence-electron chi connectivity index (χ1n) is 3.83. The summed E-state index contributed by atoms with van der Waals surface area (Å²) in [7, 11) is 0. The van der Waals surface area contributed by atoms with Gasteiger partial charge in [-0.2, -0.15) is 5.26 Å². The summed E-state index contributed by atoms with van der Waals surface area (Å²) in [6.07, 6.45) is -5.12. The first-order valence-corrected chi connectivity index (χ1v) is 3.83. The molecule has 0 aromatic heterocycles. The lowest BCUT2D eigenvalue weighted by molar-refractivity contribution is -0.274. The molecule has 0 fully saturated rings. The fourth-order valence-electron chi connectivity index (χ4n) is 0.969. The van der Waals surface area contributed by atoms with Crippen LogP contribution in [0.5, 0.6) is 5.75 Å². The zero-order chi connectivity index (χ0) is 11.5. The number of benzene rings is 1. The number of rotatable bonds is 2. The van der Waals surface area contributed by atoms with Crippen LogP contribution in [0.4, 0.5) is 17.6 Å². The van der Waals surface area contributed by atoms with Crippen molar-refractivity contribution in [2.45, 2.75) is 12.8 Å². The summed E-state index contributed by atoms with van der Waals surface area (Å²) in [6.45, 7) is 0. The molecule has 1 aromatic carbocycles. The summed E-state index contributed by atoms with van der Waals surface area (Å²) in [5.41, 5.74) is -0.126. The number of halogens is 4. The minimum absolute atomic E-state index is 0.126. The molecular weight excluding hydrogens is 214 g/mol. The summed E-state index contributed by atoms with van der Waals surface area (Å²) in [6, 6.07) is 4.17. The van der Waals surface area contributed by atoms with E-state index in [1.54, 1.807) is 6.07 Å². The predicted molar refractivity (Wildman–Crippen MR) is 42.4 cm³/mol. The third kappa shape index (κ3) is 3.46. The zero-order valence-electron chi connectivity index (χ0n) is 7.31. The van der Waals surface area contributed by atoms with Gasteiger partial charge < -0.3 is 4.74 Å². The number of hydrogen-bond acceptors (Lipinski definition) is 2. The van der Waals surface area contributed by atoms with Gasteiger partial charge in [-0.25, -0.2) is 4.39 Å². The first kappa shape index (κ1) is 11.3. The van der Waals surface area contributed by atoms with Crippen molar-refractivity contribution in [2.75, 3.05) is 0 Å². The molecule has 2 nitrogen and oxygen atoms in total. The van der Waals surface area contributed by atoms with Gasteiger partial charge in [0.1, 0.15) is 11.6 Å². The molecule has 0 saturated heterocycles. The van der Waals surface area contributed by atoms with Crippen LogP contribution in [-0.2, 0) is 6.42 Å². The monoisotopic (exact) mass is 219 g/mol. The standard InChI is InChI=1S/C9H5F4NO/c10-8-2-1-7(15-9(11,12)13)5-6(8)3-4-14/h1-2,5H,3H2. The average Bonchev–Trinajstić information content (AvgIpc) is 2.09. The number of nitriles is 1. The molecule has 0 radical (unpaired) electrons. The van der Waals surface area contributed by atoms with Crippen molar-refractivity contribution in [2.24, 2.45) is 0 Å². The Morgan fingerprint density at radius 3 is 2.53 bits per heavy atom. The minimum atomic E-state index is -4.82. The van der Waals surface area contributed by atoms with Gasteiger partial charge in [0.25, 0.3) is 0 Å². The van der Waals surface area contributed by atoms with Crippen molar-refractivity contribution in [3.05, 3.63) is 29.6 Å². The van der Waals surface area contributed by atoms with Crippen LogP contribution in [0.1, 0.15) is 5.56 Å². The predicted octanol–water partition coefficient (Wildman–Crippen LogP) is 2.79. The Hall–Kier alpha value is -1.77. The molecule has 0 N–H and O–H groups in total. The maximum absolute atomic E-state index is 12.9. The minimum Gasteiger partial charge on any atom is -0.406 e. The molecule has 0 aliphatic rings. The van der Waals surface area contributed by atoms with Gasteiger partial charge in [0.05, 0.1) is 12.5 Å². The van der Waals surface area contributed by atoms with E-state index in [4.69, 9.17) is 5.26 Å². The molecule has 0 unspecified atom stereocenters. The third-order valence-corrected chi connectivity index (χ3v) is 1.52. The van der Waals surface area contributed by atoms with E-state index >= 15 is 0 Å². The summed E-state index contributed by atoms with van der Waals surface area (Å²) in [5.74, 6) is -1.26. The maximum atomic E-state index is 12.9. The highest BCUT2D eigenvalue weighted by Crippen LogP contribution is 2.24. The van der Waals surface area contributed by atoms with E-state index in [-0.39, 0.29) is 12.0 Å². The topological polar surface area (TPSA) is 33.0 Å². The Balaban J connectivity index is 2.93. The highest BCUT2D eigenvalue weighted by molar-refractivity contribution is 5.31. The fourth-order valence-corrected chi connectivity index (χ4v) is 0.969. The molecule has 1 rings (SSSR count). The van der Waals surface area contributed by atoms with Crippen molar-refractivity contribution in [3.8, 4) is 11.8 Å². The van der Waals surface area contributed by atoms with Crippen LogP contribution < -0.4 is 4.74 Å². The van der Waals surface area contributed by atoms with E-state index in [1.165, 1.54) is 0 Å². The molecule has 0 atom stereocenters. The van der Waals surface area contributed by atoms with Crippen LogP contribution in [-0.4, -0.2) is 6.36 Å².